The molecule has 1 aromatic carbocycles. The maximum Gasteiger partial charge on any atom is 0.191 e. The van der Waals surface area contributed by atoms with Gasteiger partial charge in [-0.05, 0) is 32.0 Å². The molecule has 1 aromatic heterocycles. The van der Waals surface area contributed by atoms with E-state index in [1.54, 1.807) is 24.5 Å². The standard InChI is InChI=1S/C17H23ClN4OS.HI/c1-12(23-16-6-4-5-14(18)9-16)10-21-17(19-3)20-8-7-15-11-24-13(2)22-15;/h4-6,9,11-12H,7-8,10H2,1-3H3,(H2,19,20,21);1H. The Bertz CT molecular complexity index is 680. The second-order valence-electron chi connectivity index (χ2n) is 5.37. The van der Waals surface area contributed by atoms with Crippen molar-refractivity contribution < 1.29 is 4.74 Å². The van der Waals surface area contributed by atoms with Crippen LogP contribution in [0.15, 0.2) is 34.6 Å². The Morgan fingerprint density at radius 2 is 2.20 bits per heavy atom. The van der Waals surface area contributed by atoms with E-state index in [1.165, 1.54) is 0 Å². The molecule has 0 saturated heterocycles. The molecule has 0 amide bonds. The van der Waals surface area contributed by atoms with Crippen molar-refractivity contribution >= 4 is 52.9 Å². The first-order valence-corrected chi connectivity index (χ1v) is 9.10. The zero-order chi connectivity index (χ0) is 17.4. The second-order valence-corrected chi connectivity index (χ2v) is 6.87. The predicted molar refractivity (Wildman–Crippen MR) is 117 cm³/mol. The number of aromatic nitrogens is 1. The third-order valence-electron chi connectivity index (χ3n) is 3.25. The van der Waals surface area contributed by atoms with Crippen LogP contribution < -0.4 is 15.4 Å². The van der Waals surface area contributed by atoms with Gasteiger partial charge in [0, 0.05) is 30.4 Å². The number of aliphatic imine (C=N–C) groups is 1. The van der Waals surface area contributed by atoms with Crippen LogP contribution in [0.5, 0.6) is 5.75 Å². The average Bonchev–Trinajstić information content (AvgIpc) is 2.96. The number of guanidine groups is 1. The van der Waals surface area contributed by atoms with E-state index in [0.717, 1.165) is 35.4 Å². The molecule has 0 aliphatic rings. The topological polar surface area (TPSA) is 58.5 Å². The Morgan fingerprint density at radius 1 is 1.40 bits per heavy atom. The Kier molecular flexibility index (Phi) is 10.1. The lowest BCUT2D eigenvalue weighted by Crippen LogP contribution is -2.42. The van der Waals surface area contributed by atoms with Crippen LogP contribution in [0, 0.1) is 6.92 Å². The molecule has 5 nitrogen and oxygen atoms in total. The van der Waals surface area contributed by atoms with Crippen molar-refractivity contribution in [2.24, 2.45) is 4.99 Å². The van der Waals surface area contributed by atoms with Crippen molar-refractivity contribution in [3.8, 4) is 5.75 Å². The number of nitrogens with zero attached hydrogens (tertiary/aromatic N) is 2. The predicted octanol–water partition coefficient (Wildman–Crippen LogP) is 3.90. The number of thiazole rings is 1. The lowest BCUT2D eigenvalue weighted by Gasteiger charge is -2.17. The highest BCUT2D eigenvalue weighted by atomic mass is 127. The SMILES string of the molecule is CN=C(NCCc1csc(C)n1)NCC(C)Oc1cccc(Cl)c1.I. The molecule has 2 aromatic rings. The number of nitrogens with one attached hydrogen (secondary N) is 2. The van der Waals surface area contributed by atoms with Gasteiger partial charge in [0.05, 0.1) is 17.2 Å². The highest BCUT2D eigenvalue weighted by Crippen LogP contribution is 2.18. The smallest absolute Gasteiger partial charge is 0.191 e. The first-order valence-electron chi connectivity index (χ1n) is 7.84. The molecule has 25 heavy (non-hydrogen) atoms. The highest BCUT2D eigenvalue weighted by molar-refractivity contribution is 14.0. The Balaban J connectivity index is 0.00000312. The number of ether oxygens (including phenoxy) is 1. The molecule has 1 unspecified atom stereocenters. The van der Waals surface area contributed by atoms with E-state index in [2.05, 4.69) is 26.0 Å². The summed E-state index contributed by atoms with van der Waals surface area (Å²) in [5, 5.41) is 10.4. The summed E-state index contributed by atoms with van der Waals surface area (Å²) in [6, 6.07) is 7.40. The van der Waals surface area contributed by atoms with Gasteiger partial charge in [-0.2, -0.15) is 0 Å². The molecular formula is C17H24ClIN4OS. The van der Waals surface area contributed by atoms with Gasteiger partial charge in [0.25, 0.3) is 0 Å². The number of rotatable bonds is 7. The van der Waals surface area contributed by atoms with Crippen LogP contribution in [0.2, 0.25) is 5.02 Å². The fourth-order valence-corrected chi connectivity index (χ4v) is 2.93. The van der Waals surface area contributed by atoms with Gasteiger partial charge in [0.15, 0.2) is 5.96 Å². The van der Waals surface area contributed by atoms with Crippen molar-refractivity contribution in [3.63, 3.8) is 0 Å². The number of halogens is 2. The van der Waals surface area contributed by atoms with Crippen molar-refractivity contribution in [3.05, 3.63) is 45.4 Å². The Morgan fingerprint density at radius 3 is 2.84 bits per heavy atom. The van der Waals surface area contributed by atoms with Crippen molar-refractivity contribution in [2.45, 2.75) is 26.4 Å². The molecule has 0 aliphatic carbocycles. The van der Waals surface area contributed by atoms with E-state index in [4.69, 9.17) is 16.3 Å². The van der Waals surface area contributed by atoms with Crippen molar-refractivity contribution in [2.75, 3.05) is 20.1 Å². The maximum absolute atomic E-state index is 5.96. The minimum Gasteiger partial charge on any atom is -0.489 e. The van der Waals surface area contributed by atoms with Gasteiger partial charge in [-0.15, -0.1) is 35.3 Å². The van der Waals surface area contributed by atoms with E-state index in [1.807, 2.05) is 32.0 Å². The molecule has 138 valence electrons. The van der Waals surface area contributed by atoms with Crippen molar-refractivity contribution in [1.82, 2.24) is 15.6 Å². The second kappa shape index (κ2) is 11.5. The molecule has 2 N–H and O–H groups in total. The van der Waals surface area contributed by atoms with Crippen LogP contribution >= 0.6 is 46.9 Å². The third kappa shape index (κ3) is 8.24. The molecule has 0 spiro atoms. The van der Waals surface area contributed by atoms with Gasteiger partial charge < -0.3 is 15.4 Å². The largest absolute Gasteiger partial charge is 0.489 e. The van der Waals surface area contributed by atoms with Gasteiger partial charge in [0.1, 0.15) is 11.9 Å². The van der Waals surface area contributed by atoms with E-state index >= 15 is 0 Å². The van der Waals surface area contributed by atoms with Crippen LogP contribution in [0.4, 0.5) is 0 Å². The van der Waals surface area contributed by atoms with Crippen LogP contribution in [0.25, 0.3) is 0 Å². The number of aryl methyl sites for hydroxylation is 1. The number of hydrogen-bond acceptors (Lipinski definition) is 4. The monoisotopic (exact) mass is 494 g/mol. The number of hydrogen-bond donors (Lipinski definition) is 2. The molecule has 0 bridgehead atoms. The van der Waals surface area contributed by atoms with Crippen molar-refractivity contribution in [1.29, 1.82) is 0 Å². The molecule has 2 rings (SSSR count). The van der Waals surface area contributed by atoms with Crippen LogP contribution in [-0.4, -0.2) is 37.2 Å². The molecule has 8 heteroatoms. The van der Waals surface area contributed by atoms with E-state index in [9.17, 15) is 0 Å². The first kappa shape index (κ1) is 22.0. The number of benzene rings is 1. The fraction of sp³-hybridized carbons (Fsp3) is 0.412. The Hall–Kier alpha value is -1.06. The minimum absolute atomic E-state index is 0. The summed E-state index contributed by atoms with van der Waals surface area (Å²) in [7, 11) is 1.75. The van der Waals surface area contributed by atoms with Gasteiger partial charge in [-0.3, -0.25) is 4.99 Å². The van der Waals surface area contributed by atoms with Crippen LogP contribution in [0.1, 0.15) is 17.6 Å². The van der Waals surface area contributed by atoms with E-state index in [-0.39, 0.29) is 30.1 Å². The normalized spacial score (nSPS) is 12.2. The third-order valence-corrected chi connectivity index (χ3v) is 4.31. The molecular weight excluding hydrogens is 471 g/mol. The summed E-state index contributed by atoms with van der Waals surface area (Å²) in [4.78, 5) is 8.67. The summed E-state index contributed by atoms with van der Waals surface area (Å²) in [6.07, 6.45) is 0.864. The minimum atomic E-state index is -0.0109. The molecule has 1 atom stereocenters. The summed E-state index contributed by atoms with van der Waals surface area (Å²) < 4.78 is 5.83. The lowest BCUT2D eigenvalue weighted by atomic mass is 10.3. The highest BCUT2D eigenvalue weighted by Gasteiger charge is 2.06. The first-order chi connectivity index (χ1) is 11.6. The van der Waals surface area contributed by atoms with Gasteiger partial charge in [-0.25, -0.2) is 4.98 Å². The molecule has 1 heterocycles. The average molecular weight is 495 g/mol. The summed E-state index contributed by atoms with van der Waals surface area (Å²) in [6.45, 7) is 5.44. The van der Waals surface area contributed by atoms with E-state index in [0.29, 0.717) is 11.6 Å². The van der Waals surface area contributed by atoms with Gasteiger partial charge in [0.2, 0.25) is 0 Å². The quantitative estimate of drug-likeness (QED) is 0.348. The Labute approximate surface area is 175 Å². The summed E-state index contributed by atoms with van der Waals surface area (Å²) in [5.41, 5.74) is 1.11. The van der Waals surface area contributed by atoms with Gasteiger partial charge in [-0.1, -0.05) is 17.7 Å². The summed E-state index contributed by atoms with van der Waals surface area (Å²) >= 11 is 7.63. The zero-order valence-electron chi connectivity index (χ0n) is 14.6. The maximum atomic E-state index is 5.96. The lowest BCUT2D eigenvalue weighted by molar-refractivity contribution is 0.224. The molecule has 0 aliphatic heterocycles. The van der Waals surface area contributed by atoms with Crippen LogP contribution in [-0.2, 0) is 6.42 Å². The molecule has 0 radical (unpaired) electrons. The zero-order valence-corrected chi connectivity index (χ0v) is 18.5. The van der Waals surface area contributed by atoms with Gasteiger partial charge >= 0.3 is 0 Å². The molecule has 0 saturated carbocycles. The molecule has 0 fully saturated rings. The fourth-order valence-electron chi connectivity index (χ4n) is 2.11. The van der Waals surface area contributed by atoms with E-state index < -0.39 is 0 Å². The summed E-state index contributed by atoms with van der Waals surface area (Å²) in [5.74, 6) is 1.52. The van der Waals surface area contributed by atoms with Crippen LogP contribution in [0.3, 0.4) is 0 Å².